The Morgan fingerprint density at radius 3 is 1.91 bits per heavy atom. The van der Waals surface area contributed by atoms with Gasteiger partial charge in [0.1, 0.15) is 0 Å². The number of rotatable bonds is 12. The molecule has 0 bridgehead atoms. The summed E-state index contributed by atoms with van der Waals surface area (Å²) in [5, 5.41) is 2.59. The van der Waals surface area contributed by atoms with E-state index < -0.39 is 0 Å². The van der Waals surface area contributed by atoms with Gasteiger partial charge in [-0.15, -0.1) is 12.6 Å². The van der Waals surface area contributed by atoms with Crippen LogP contribution in [0.2, 0.25) is 0 Å². The summed E-state index contributed by atoms with van der Waals surface area (Å²) in [4.78, 5) is 22.9. The Morgan fingerprint density at radius 1 is 0.870 bits per heavy atom. The number of anilines is 1. The van der Waals surface area contributed by atoms with Crippen LogP contribution < -0.4 is 5.32 Å². The Hall–Kier alpha value is -1.29. The number of nitrogens with one attached hydrogen (secondary N) is 1. The van der Waals surface area contributed by atoms with Gasteiger partial charge in [-0.1, -0.05) is 58.3 Å². The Labute approximate surface area is 145 Å². The molecule has 0 fully saturated rings. The SMILES string of the molecule is CCCCCCCCCCCC(=O)Nc1ccc(C(=O)S)cc1. The van der Waals surface area contributed by atoms with E-state index in [1.165, 1.54) is 44.9 Å². The van der Waals surface area contributed by atoms with Crippen molar-refractivity contribution in [2.45, 2.75) is 71.1 Å². The van der Waals surface area contributed by atoms with Gasteiger partial charge in [-0.25, -0.2) is 0 Å². The van der Waals surface area contributed by atoms with E-state index in [1.54, 1.807) is 24.3 Å². The van der Waals surface area contributed by atoms with Gasteiger partial charge in [0, 0.05) is 17.7 Å². The average molecular weight is 336 g/mol. The fourth-order valence-corrected chi connectivity index (χ4v) is 2.66. The zero-order valence-corrected chi connectivity index (χ0v) is 15.0. The molecule has 0 saturated carbocycles. The highest BCUT2D eigenvalue weighted by Gasteiger charge is 2.04. The maximum Gasteiger partial charge on any atom is 0.224 e. The van der Waals surface area contributed by atoms with E-state index in [2.05, 4.69) is 24.9 Å². The first-order chi connectivity index (χ1) is 11.1. The van der Waals surface area contributed by atoms with Crippen LogP contribution in [0.3, 0.4) is 0 Å². The lowest BCUT2D eigenvalue weighted by Crippen LogP contribution is -2.11. The van der Waals surface area contributed by atoms with E-state index >= 15 is 0 Å². The van der Waals surface area contributed by atoms with Crippen molar-refractivity contribution in [1.82, 2.24) is 0 Å². The third-order valence-corrected chi connectivity index (χ3v) is 4.18. The molecule has 0 saturated heterocycles. The largest absolute Gasteiger partial charge is 0.326 e. The van der Waals surface area contributed by atoms with Crippen LogP contribution >= 0.6 is 12.6 Å². The predicted octanol–water partition coefficient (Wildman–Crippen LogP) is 5.62. The molecular formula is C19H29NO2S. The molecule has 23 heavy (non-hydrogen) atoms. The maximum absolute atomic E-state index is 11.8. The molecule has 4 heteroatoms. The summed E-state index contributed by atoms with van der Waals surface area (Å²) in [6, 6.07) is 6.81. The minimum Gasteiger partial charge on any atom is -0.326 e. The van der Waals surface area contributed by atoms with Crippen LogP contribution in [0.25, 0.3) is 0 Å². The van der Waals surface area contributed by atoms with Gasteiger partial charge in [-0.05, 0) is 30.7 Å². The van der Waals surface area contributed by atoms with E-state index in [9.17, 15) is 9.59 Å². The first kappa shape index (κ1) is 19.8. The average Bonchev–Trinajstić information content (AvgIpc) is 2.54. The Bertz CT molecular complexity index is 471. The van der Waals surface area contributed by atoms with Crippen LogP contribution in [-0.2, 0) is 4.79 Å². The third kappa shape index (κ3) is 9.44. The molecule has 1 aromatic carbocycles. The van der Waals surface area contributed by atoms with Gasteiger partial charge < -0.3 is 5.32 Å². The number of hydrogen-bond acceptors (Lipinski definition) is 2. The third-order valence-electron chi connectivity index (χ3n) is 3.92. The predicted molar refractivity (Wildman–Crippen MR) is 100 cm³/mol. The Balaban J connectivity index is 2.07. The highest BCUT2D eigenvalue weighted by molar-refractivity contribution is 7.97. The molecule has 0 radical (unpaired) electrons. The minimum atomic E-state index is -0.266. The van der Waals surface area contributed by atoms with Crippen LogP contribution in [-0.4, -0.2) is 11.0 Å². The zero-order valence-electron chi connectivity index (χ0n) is 14.1. The van der Waals surface area contributed by atoms with Crippen molar-refractivity contribution < 1.29 is 9.59 Å². The molecule has 1 N–H and O–H groups in total. The molecule has 0 aromatic heterocycles. The van der Waals surface area contributed by atoms with E-state index in [1.807, 2.05) is 0 Å². The fourth-order valence-electron chi connectivity index (χ4n) is 2.52. The summed E-state index contributed by atoms with van der Waals surface area (Å²) in [5.41, 5.74) is 1.26. The molecule has 0 heterocycles. The molecule has 3 nitrogen and oxygen atoms in total. The number of thiol groups is 1. The van der Waals surface area contributed by atoms with Gasteiger partial charge in [0.2, 0.25) is 11.0 Å². The van der Waals surface area contributed by atoms with Crippen LogP contribution in [0.1, 0.15) is 81.5 Å². The summed E-state index contributed by atoms with van der Waals surface area (Å²) < 4.78 is 0. The lowest BCUT2D eigenvalue weighted by molar-refractivity contribution is -0.116. The number of amides is 1. The van der Waals surface area contributed by atoms with E-state index in [0.29, 0.717) is 12.0 Å². The van der Waals surface area contributed by atoms with Gasteiger partial charge in [-0.3, -0.25) is 9.59 Å². The first-order valence-electron chi connectivity index (χ1n) is 8.76. The first-order valence-corrected chi connectivity index (χ1v) is 9.21. The number of hydrogen-bond donors (Lipinski definition) is 2. The Kier molecular flexibility index (Phi) is 10.5. The second-order valence-electron chi connectivity index (χ2n) is 6.01. The Morgan fingerprint density at radius 2 is 1.39 bits per heavy atom. The molecule has 128 valence electrons. The van der Waals surface area contributed by atoms with Gasteiger partial charge in [0.15, 0.2) is 0 Å². The van der Waals surface area contributed by atoms with Crippen molar-refractivity contribution in [3.05, 3.63) is 29.8 Å². The summed E-state index contributed by atoms with van der Waals surface area (Å²) in [5.74, 6) is 0.0397. The molecule has 0 aliphatic carbocycles. The van der Waals surface area contributed by atoms with E-state index in [4.69, 9.17) is 0 Å². The van der Waals surface area contributed by atoms with Gasteiger partial charge >= 0.3 is 0 Å². The molecule has 0 unspecified atom stereocenters. The minimum absolute atomic E-state index is 0.0397. The zero-order chi connectivity index (χ0) is 16.9. The molecule has 1 amide bonds. The molecule has 1 rings (SSSR count). The second-order valence-corrected chi connectivity index (χ2v) is 6.42. The highest BCUT2D eigenvalue weighted by atomic mass is 32.1. The quantitative estimate of drug-likeness (QED) is 0.385. The van der Waals surface area contributed by atoms with Crippen molar-refractivity contribution in [1.29, 1.82) is 0 Å². The van der Waals surface area contributed by atoms with Crippen molar-refractivity contribution in [2.75, 3.05) is 5.32 Å². The summed E-state index contributed by atoms with van der Waals surface area (Å²) in [6.07, 6.45) is 11.8. The van der Waals surface area contributed by atoms with Crippen LogP contribution in [0.5, 0.6) is 0 Å². The summed E-state index contributed by atoms with van der Waals surface area (Å²) >= 11 is 3.76. The van der Waals surface area contributed by atoms with Crippen LogP contribution in [0, 0.1) is 0 Å². The van der Waals surface area contributed by atoms with E-state index in [0.717, 1.165) is 18.5 Å². The van der Waals surface area contributed by atoms with Crippen LogP contribution in [0.4, 0.5) is 5.69 Å². The van der Waals surface area contributed by atoms with Crippen LogP contribution in [0.15, 0.2) is 24.3 Å². The number of carbonyl (C=O) groups is 2. The molecule has 0 aliphatic rings. The molecule has 0 aliphatic heterocycles. The van der Waals surface area contributed by atoms with Crippen molar-refractivity contribution in [3.63, 3.8) is 0 Å². The number of carbonyl (C=O) groups excluding carboxylic acids is 2. The van der Waals surface area contributed by atoms with Crippen molar-refractivity contribution >= 4 is 29.3 Å². The topological polar surface area (TPSA) is 46.2 Å². The lowest BCUT2D eigenvalue weighted by atomic mass is 10.1. The molecule has 0 atom stereocenters. The lowest BCUT2D eigenvalue weighted by Gasteiger charge is -2.06. The van der Waals surface area contributed by atoms with Gasteiger partial charge in [0.25, 0.3) is 0 Å². The van der Waals surface area contributed by atoms with Gasteiger partial charge in [-0.2, -0.15) is 0 Å². The monoisotopic (exact) mass is 335 g/mol. The second kappa shape index (κ2) is 12.2. The van der Waals surface area contributed by atoms with Gasteiger partial charge in [0.05, 0.1) is 0 Å². The smallest absolute Gasteiger partial charge is 0.224 e. The molecule has 1 aromatic rings. The number of unbranched alkanes of at least 4 members (excludes halogenated alkanes) is 8. The van der Waals surface area contributed by atoms with Crippen molar-refractivity contribution in [2.24, 2.45) is 0 Å². The molecular weight excluding hydrogens is 306 g/mol. The number of benzene rings is 1. The summed E-state index contributed by atoms with van der Waals surface area (Å²) in [7, 11) is 0. The summed E-state index contributed by atoms with van der Waals surface area (Å²) in [6.45, 7) is 2.24. The normalized spacial score (nSPS) is 10.5. The highest BCUT2D eigenvalue weighted by Crippen LogP contribution is 2.13. The molecule has 0 spiro atoms. The fraction of sp³-hybridized carbons (Fsp3) is 0.579. The maximum atomic E-state index is 11.8. The van der Waals surface area contributed by atoms with E-state index in [-0.39, 0.29) is 11.0 Å². The van der Waals surface area contributed by atoms with Crippen molar-refractivity contribution in [3.8, 4) is 0 Å². The standard InChI is InChI=1S/C19H29NO2S/c1-2-3-4-5-6-7-8-9-10-11-18(21)20-17-14-12-16(13-15-17)19(22)23/h12-15H,2-11H2,1H3,(H,20,21)(H,22,23).